The molecule has 1 aromatic carbocycles. The van der Waals surface area contributed by atoms with Crippen LogP contribution in [0.4, 0.5) is 0 Å². The molecule has 6 heteroatoms. The molecule has 0 amide bonds. The van der Waals surface area contributed by atoms with E-state index in [2.05, 4.69) is 21.2 Å². The highest BCUT2D eigenvalue weighted by Gasteiger charge is 2.29. The van der Waals surface area contributed by atoms with Crippen LogP contribution in [-0.2, 0) is 10.0 Å². The SMILES string of the molecule is Cc1ccc(S(=O)(=O)N2CCN[C@H](C)C2)c(Br)c1. The molecule has 1 aromatic rings. The normalized spacial score (nSPS) is 22.1. The molecule has 0 unspecified atom stereocenters. The van der Waals surface area contributed by atoms with Gasteiger partial charge in [0, 0.05) is 30.1 Å². The van der Waals surface area contributed by atoms with Gasteiger partial charge < -0.3 is 5.32 Å². The van der Waals surface area contributed by atoms with E-state index in [0.29, 0.717) is 29.0 Å². The molecule has 1 fully saturated rings. The molecule has 1 aliphatic rings. The Morgan fingerprint density at radius 1 is 1.44 bits per heavy atom. The van der Waals surface area contributed by atoms with Crippen molar-refractivity contribution in [2.75, 3.05) is 19.6 Å². The Bertz CT molecular complexity index is 545. The van der Waals surface area contributed by atoms with Crippen LogP contribution < -0.4 is 5.32 Å². The molecule has 4 nitrogen and oxygen atoms in total. The summed E-state index contributed by atoms with van der Waals surface area (Å²) in [5, 5.41) is 3.24. The highest BCUT2D eigenvalue weighted by molar-refractivity contribution is 9.10. The van der Waals surface area contributed by atoms with E-state index in [-0.39, 0.29) is 6.04 Å². The zero-order valence-corrected chi connectivity index (χ0v) is 12.9. The second-order valence-electron chi connectivity index (χ2n) is 4.65. The number of nitrogens with zero attached hydrogens (tertiary/aromatic N) is 1. The summed E-state index contributed by atoms with van der Waals surface area (Å²) >= 11 is 3.34. The van der Waals surface area contributed by atoms with Crippen molar-refractivity contribution in [1.82, 2.24) is 9.62 Å². The van der Waals surface area contributed by atoms with E-state index in [9.17, 15) is 8.42 Å². The van der Waals surface area contributed by atoms with Crippen molar-refractivity contribution in [2.45, 2.75) is 24.8 Å². The Balaban J connectivity index is 2.35. The third-order valence-electron chi connectivity index (χ3n) is 3.04. The van der Waals surface area contributed by atoms with Crippen LogP contribution in [0.5, 0.6) is 0 Å². The second-order valence-corrected chi connectivity index (χ2v) is 7.41. The van der Waals surface area contributed by atoms with Crippen molar-refractivity contribution in [3.05, 3.63) is 28.2 Å². The van der Waals surface area contributed by atoms with Gasteiger partial charge in [-0.2, -0.15) is 4.31 Å². The van der Waals surface area contributed by atoms with Crippen molar-refractivity contribution in [2.24, 2.45) is 0 Å². The molecule has 0 spiro atoms. The number of rotatable bonds is 2. The molecule has 1 heterocycles. The van der Waals surface area contributed by atoms with Crippen LogP contribution in [0.25, 0.3) is 0 Å². The van der Waals surface area contributed by atoms with Crippen molar-refractivity contribution < 1.29 is 8.42 Å². The number of benzene rings is 1. The minimum atomic E-state index is -3.40. The largest absolute Gasteiger partial charge is 0.312 e. The van der Waals surface area contributed by atoms with Crippen molar-refractivity contribution in [3.63, 3.8) is 0 Å². The van der Waals surface area contributed by atoms with Crippen LogP contribution in [-0.4, -0.2) is 38.4 Å². The fourth-order valence-corrected chi connectivity index (χ4v) is 4.75. The summed E-state index contributed by atoms with van der Waals surface area (Å²) in [6.07, 6.45) is 0. The van der Waals surface area contributed by atoms with Gasteiger partial charge >= 0.3 is 0 Å². The monoisotopic (exact) mass is 332 g/mol. The Morgan fingerprint density at radius 3 is 2.78 bits per heavy atom. The molecule has 1 saturated heterocycles. The molecule has 1 atom stereocenters. The van der Waals surface area contributed by atoms with E-state index >= 15 is 0 Å². The van der Waals surface area contributed by atoms with Crippen LogP contribution in [0.3, 0.4) is 0 Å². The van der Waals surface area contributed by atoms with Gasteiger partial charge in [-0.05, 0) is 47.5 Å². The molecule has 0 radical (unpaired) electrons. The molecule has 0 bridgehead atoms. The molecule has 1 N–H and O–H groups in total. The number of piperazine rings is 1. The Kier molecular flexibility index (Phi) is 4.11. The number of halogens is 1. The molecule has 0 aromatic heterocycles. The van der Waals surface area contributed by atoms with Gasteiger partial charge in [-0.3, -0.25) is 0 Å². The molecule has 100 valence electrons. The third kappa shape index (κ3) is 2.77. The highest BCUT2D eigenvalue weighted by atomic mass is 79.9. The average Bonchev–Trinajstić information content (AvgIpc) is 2.28. The Morgan fingerprint density at radius 2 is 2.17 bits per heavy atom. The molecular weight excluding hydrogens is 316 g/mol. The number of hydrogen-bond acceptors (Lipinski definition) is 3. The first-order valence-corrected chi connectivity index (χ1v) is 8.14. The maximum Gasteiger partial charge on any atom is 0.244 e. The lowest BCUT2D eigenvalue weighted by atomic mass is 10.2. The zero-order chi connectivity index (χ0) is 13.3. The summed E-state index contributed by atoms with van der Waals surface area (Å²) < 4.78 is 27.2. The fourth-order valence-electron chi connectivity index (χ4n) is 2.07. The van der Waals surface area contributed by atoms with E-state index in [1.54, 1.807) is 10.4 Å². The number of hydrogen-bond donors (Lipinski definition) is 1. The molecule has 0 saturated carbocycles. The summed E-state index contributed by atoms with van der Waals surface area (Å²) in [5.41, 5.74) is 1.04. The molecule has 1 aliphatic heterocycles. The van der Waals surface area contributed by atoms with E-state index in [0.717, 1.165) is 5.56 Å². The third-order valence-corrected chi connectivity index (χ3v) is 5.88. The van der Waals surface area contributed by atoms with E-state index in [4.69, 9.17) is 0 Å². The van der Waals surface area contributed by atoms with Crippen LogP contribution in [0.15, 0.2) is 27.6 Å². The zero-order valence-electron chi connectivity index (χ0n) is 10.5. The van der Waals surface area contributed by atoms with Gasteiger partial charge in [0.2, 0.25) is 10.0 Å². The molecule has 2 rings (SSSR count). The topological polar surface area (TPSA) is 49.4 Å². The second kappa shape index (κ2) is 5.28. The summed E-state index contributed by atoms with van der Waals surface area (Å²) in [6, 6.07) is 5.52. The van der Waals surface area contributed by atoms with Gasteiger partial charge in [-0.15, -0.1) is 0 Å². The van der Waals surface area contributed by atoms with Crippen LogP contribution in [0, 0.1) is 6.92 Å². The lowest BCUT2D eigenvalue weighted by Crippen LogP contribution is -2.51. The Labute approximate surface area is 117 Å². The lowest BCUT2D eigenvalue weighted by Gasteiger charge is -2.31. The first-order valence-electron chi connectivity index (χ1n) is 5.91. The molecule has 0 aliphatic carbocycles. The van der Waals surface area contributed by atoms with E-state index < -0.39 is 10.0 Å². The molecular formula is C12H17BrN2O2S. The van der Waals surface area contributed by atoms with Crippen LogP contribution in [0.2, 0.25) is 0 Å². The molecule has 18 heavy (non-hydrogen) atoms. The van der Waals surface area contributed by atoms with Gasteiger partial charge in [-0.1, -0.05) is 6.07 Å². The maximum atomic E-state index is 12.5. The van der Waals surface area contributed by atoms with Crippen LogP contribution in [0.1, 0.15) is 12.5 Å². The van der Waals surface area contributed by atoms with Crippen molar-refractivity contribution >= 4 is 26.0 Å². The minimum Gasteiger partial charge on any atom is -0.312 e. The predicted molar refractivity (Wildman–Crippen MR) is 75.1 cm³/mol. The summed E-state index contributed by atoms with van der Waals surface area (Å²) in [4.78, 5) is 0.349. The van der Waals surface area contributed by atoms with E-state index in [1.165, 1.54) is 0 Å². The maximum absolute atomic E-state index is 12.5. The van der Waals surface area contributed by atoms with Crippen LogP contribution >= 0.6 is 15.9 Å². The number of nitrogens with one attached hydrogen (secondary N) is 1. The highest BCUT2D eigenvalue weighted by Crippen LogP contribution is 2.26. The summed E-state index contributed by atoms with van der Waals surface area (Å²) in [6.45, 7) is 5.67. The standard InChI is InChI=1S/C12H17BrN2O2S/c1-9-3-4-12(11(13)7-9)18(16,17)15-6-5-14-10(2)8-15/h3-4,7,10,14H,5-6,8H2,1-2H3/t10-/m1/s1. The lowest BCUT2D eigenvalue weighted by molar-refractivity contribution is 0.310. The van der Waals surface area contributed by atoms with Gasteiger partial charge in [0.05, 0.1) is 4.90 Å². The summed E-state index contributed by atoms with van der Waals surface area (Å²) in [5.74, 6) is 0. The van der Waals surface area contributed by atoms with Crippen molar-refractivity contribution in [3.8, 4) is 0 Å². The van der Waals surface area contributed by atoms with Gasteiger partial charge in [0.1, 0.15) is 0 Å². The summed E-state index contributed by atoms with van der Waals surface area (Å²) in [7, 11) is -3.40. The van der Waals surface area contributed by atoms with Gasteiger partial charge in [0.25, 0.3) is 0 Å². The first kappa shape index (κ1) is 14.0. The quantitative estimate of drug-likeness (QED) is 0.897. The van der Waals surface area contributed by atoms with Gasteiger partial charge in [0.15, 0.2) is 0 Å². The number of aryl methyl sites for hydroxylation is 1. The average molecular weight is 333 g/mol. The first-order chi connectivity index (χ1) is 8.41. The number of sulfonamides is 1. The fraction of sp³-hybridized carbons (Fsp3) is 0.500. The smallest absolute Gasteiger partial charge is 0.244 e. The van der Waals surface area contributed by atoms with Gasteiger partial charge in [-0.25, -0.2) is 8.42 Å². The van der Waals surface area contributed by atoms with Crippen molar-refractivity contribution in [1.29, 1.82) is 0 Å². The van der Waals surface area contributed by atoms with E-state index in [1.807, 2.05) is 26.0 Å². The minimum absolute atomic E-state index is 0.192. The Hall–Kier alpha value is -0.430. The predicted octanol–water partition coefficient (Wildman–Crippen LogP) is 1.74.